The van der Waals surface area contributed by atoms with E-state index < -0.39 is 27.0 Å². The zero-order valence-corrected chi connectivity index (χ0v) is 9.05. The summed E-state index contributed by atoms with van der Waals surface area (Å²) in [5, 5.41) is 35.6. The molecule has 0 unspecified atom stereocenters. The lowest BCUT2D eigenvalue weighted by atomic mass is 10.1. The molecule has 0 aliphatic rings. The van der Waals surface area contributed by atoms with Crippen molar-refractivity contribution in [3.63, 3.8) is 0 Å². The molecule has 0 bridgehead atoms. The first-order chi connectivity index (χ1) is 8.90. The molecule has 0 aliphatic carbocycles. The smallest absolute Gasteiger partial charge is 0.399 e. The fourth-order valence-electron chi connectivity index (χ4n) is 1.47. The summed E-state index contributed by atoms with van der Waals surface area (Å²) in [4.78, 5) is 19.5. The van der Waals surface area contributed by atoms with E-state index in [1.54, 1.807) is 0 Å². The van der Waals surface area contributed by atoms with Crippen molar-refractivity contribution >= 4 is 17.2 Å². The number of benzene rings is 1. The van der Waals surface area contributed by atoms with Crippen molar-refractivity contribution in [1.82, 2.24) is 5.16 Å². The van der Waals surface area contributed by atoms with Gasteiger partial charge in [-0.1, -0.05) is 0 Å². The fourth-order valence-corrected chi connectivity index (χ4v) is 1.47. The van der Waals surface area contributed by atoms with Crippen LogP contribution in [-0.4, -0.2) is 15.0 Å². The number of rotatable bonds is 3. The van der Waals surface area contributed by atoms with Crippen LogP contribution in [0.5, 0.6) is 0 Å². The second-order valence-corrected chi connectivity index (χ2v) is 3.43. The van der Waals surface area contributed by atoms with Gasteiger partial charge in [-0.2, -0.15) is 0 Å². The largest absolute Gasteiger partial charge is 0.440 e. The Labute approximate surface area is 103 Å². The van der Waals surface area contributed by atoms with Crippen molar-refractivity contribution in [2.24, 2.45) is 0 Å². The molecule has 2 aromatic rings. The lowest BCUT2D eigenvalue weighted by molar-refractivity contribution is -0.793. The van der Waals surface area contributed by atoms with Crippen LogP contribution in [0.3, 0.4) is 0 Å². The normalized spacial score (nSPS) is 10.3. The highest BCUT2D eigenvalue weighted by atomic mass is 16.8. The second kappa shape index (κ2) is 4.21. The average Bonchev–Trinajstić information content (AvgIpc) is 2.70. The van der Waals surface area contributed by atoms with Gasteiger partial charge < -0.3 is 21.1 Å². The zero-order valence-electron chi connectivity index (χ0n) is 9.05. The van der Waals surface area contributed by atoms with Crippen LogP contribution in [0.15, 0.2) is 22.8 Å². The van der Waals surface area contributed by atoms with Crippen LogP contribution in [0.2, 0.25) is 0 Å². The van der Waals surface area contributed by atoms with Gasteiger partial charge in [0, 0.05) is 23.4 Å². The number of anilines is 1. The number of aromatic nitrogens is 2. The summed E-state index contributed by atoms with van der Waals surface area (Å²) >= 11 is 0. The van der Waals surface area contributed by atoms with E-state index >= 15 is 0 Å². The number of nitrogen functional groups attached to an aromatic ring is 1. The molecule has 0 saturated carbocycles. The van der Waals surface area contributed by atoms with Crippen LogP contribution in [0.1, 0.15) is 0 Å². The number of nitrogens with zero attached hydrogens (tertiary/aromatic N) is 4. The maximum absolute atomic E-state index is 11.3. The van der Waals surface area contributed by atoms with Gasteiger partial charge in [0.2, 0.25) is 0 Å². The number of nitro groups is 2. The summed E-state index contributed by atoms with van der Waals surface area (Å²) in [7, 11) is 0. The zero-order chi connectivity index (χ0) is 14.2. The Balaban J connectivity index is 2.68. The maximum Gasteiger partial charge on any atom is 0.440 e. The number of nitrogens with two attached hydrogens (primary N) is 1. The van der Waals surface area contributed by atoms with Crippen molar-refractivity contribution in [3.8, 4) is 11.3 Å². The molecule has 11 heteroatoms. The van der Waals surface area contributed by atoms with Crippen LogP contribution in [-0.2, 0) is 0 Å². The van der Waals surface area contributed by atoms with E-state index in [9.17, 15) is 25.4 Å². The Hall–Kier alpha value is -3.24. The summed E-state index contributed by atoms with van der Waals surface area (Å²) in [5.41, 5.74) is 4.32. The molecule has 19 heavy (non-hydrogen) atoms. The summed E-state index contributed by atoms with van der Waals surface area (Å²) in [6.45, 7) is 0. The first-order valence-electron chi connectivity index (χ1n) is 4.69. The summed E-state index contributed by atoms with van der Waals surface area (Å²) in [6, 6.07) is 3.18. The van der Waals surface area contributed by atoms with Crippen molar-refractivity contribution in [2.45, 2.75) is 0 Å². The molecular formula is C8H5N5O6. The number of nitro benzene ring substituents is 1. The molecular weight excluding hydrogens is 262 g/mol. The van der Waals surface area contributed by atoms with E-state index in [2.05, 4.69) is 9.79 Å². The van der Waals surface area contributed by atoms with Crippen LogP contribution in [0.25, 0.3) is 11.3 Å². The summed E-state index contributed by atoms with van der Waals surface area (Å²) in [6.07, 6.45) is 0. The third-order valence-electron chi connectivity index (χ3n) is 2.19. The van der Waals surface area contributed by atoms with Gasteiger partial charge in [0.05, 0.1) is 10.1 Å². The highest BCUT2D eigenvalue weighted by Crippen LogP contribution is 2.29. The minimum Gasteiger partial charge on any atom is -0.399 e. The lowest BCUT2D eigenvalue weighted by Crippen LogP contribution is -2.25. The van der Waals surface area contributed by atoms with Crippen LogP contribution >= 0.6 is 0 Å². The maximum atomic E-state index is 11.3. The molecule has 2 rings (SSSR count). The van der Waals surface area contributed by atoms with Gasteiger partial charge in [0.1, 0.15) is 0 Å². The van der Waals surface area contributed by atoms with Gasteiger partial charge >= 0.3 is 5.82 Å². The number of hydrogen-bond acceptors (Lipinski definition) is 8. The highest BCUT2D eigenvalue weighted by molar-refractivity contribution is 5.70. The topological polar surface area (TPSA) is 165 Å². The molecule has 1 heterocycles. The van der Waals surface area contributed by atoms with Gasteiger partial charge in [-0.25, -0.2) is 0 Å². The number of hydrogen-bond donors (Lipinski definition) is 1. The van der Waals surface area contributed by atoms with Gasteiger partial charge in [0.15, 0.2) is 0 Å². The van der Waals surface area contributed by atoms with Gasteiger partial charge in [-0.15, -0.1) is 0 Å². The predicted molar refractivity (Wildman–Crippen MR) is 58.6 cm³/mol. The first kappa shape index (κ1) is 12.2. The van der Waals surface area contributed by atoms with Crippen molar-refractivity contribution in [3.05, 3.63) is 43.6 Å². The SMILES string of the molecule is Nc1cc(-c2c([N+](=O)[O-])no[n+]2[O-])cc([N+](=O)[O-])c1. The predicted octanol–water partition coefficient (Wildman–Crippen LogP) is 0.374. The quantitative estimate of drug-likeness (QED) is 0.360. The molecule has 0 atom stereocenters. The third-order valence-corrected chi connectivity index (χ3v) is 2.19. The molecule has 1 aromatic heterocycles. The molecule has 0 radical (unpaired) electrons. The minimum absolute atomic E-state index is 0.0281. The van der Waals surface area contributed by atoms with E-state index in [1.807, 2.05) is 0 Å². The molecule has 98 valence electrons. The molecule has 11 nitrogen and oxygen atoms in total. The Kier molecular flexibility index (Phi) is 2.71. The first-order valence-corrected chi connectivity index (χ1v) is 4.69. The molecule has 0 spiro atoms. The fraction of sp³-hybridized carbons (Fsp3) is 0. The van der Waals surface area contributed by atoms with E-state index in [0.717, 1.165) is 12.1 Å². The Morgan fingerprint density at radius 1 is 1.21 bits per heavy atom. The van der Waals surface area contributed by atoms with Crippen LogP contribution in [0.4, 0.5) is 17.2 Å². The Morgan fingerprint density at radius 2 is 1.89 bits per heavy atom. The van der Waals surface area contributed by atoms with Gasteiger partial charge in [-0.3, -0.25) is 14.7 Å². The molecule has 0 aliphatic heterocycles. The number of non-ortho nitro benzene ring substituents is 1. The molecule has 0 saturated heterocycles. The molecule has 0 fully saturated rings. The standard InChI is InChI=1S/C8H5N5O6/c9-5-1-4(2-6(3-5)11(14)15)7-8(12(16)17)10-19-13(7)18/h1-3H,9H2. The Bertz CT molecular complexity index is 680. The van der Waals surface area contributed by atoms with Crippen LogP contribution in [0, 0.1) is 25.4 Å². The van der Waals surface area contributed by atoms with Crippen molar-refractivity contribution < 1.29 is 19.4 Å². The van der Waals surface area contributed by atoms with Crippen molar-refractivity contribution in [1.29, 1.82) is 0 Å². The monoisotopic (exact) mass is 267 g/mol. The van der Waals surface area contributed by atoms with E-state index in [1.165, 1.54) is 6.07 Å². The highest BCUT2D eigenvalue weighted by Gasteiger charge is 2.28. The molecule has 1 aromatic carbocycles. The minimum atomic E-state index is -0.942. The Morgan fingerprint density at radius 3 is 2.47 bits per heavy atom. The average molecular weight is 267 g/mol. The summed E-state index contributed by atoms with van der Waals surface area (Å²) in [5.74, 6) is -0.852. The van der Waals surface area contributed by atoms with Crippen molar-refractivity contribution in [2.75, 3.05) is 5.73 Å². The second-order valence-electron chi connectivity index (χ2n) is 3.43. The van der Waals surface area contributed by atoms with Gasteiger partial charge in [0.25, 0.3) is 11.4 Å². The lowest BCUT2D eigenvalue weighted by Gasteiger charge is -2.00. The third kappa shape index (κ3) is 2.11. The van der Waals surface area contributed by atoms with E-state index in [-0.39, 0.29) is 16.2 Å². The van der Waals surface area contributed by atoms with Crippen LogP contribution < -0.4 is 10.6 Å². The molecule has 0 amide bonds. The van der Waals surface area contributed by atoms with Gasteiger partial charge in [-0.05, 0) is 15.9 Å². The molecule has 2 N–H and O–H groups in total. The summed E-state index contributed by atoms with van der Waals surface area (Å²) < 4.78 is 4.11. The van der Waals surface area contributed by atoms with E-state index in [4.69, 9.17) is 5.73 Å². The van der Waals surface area contributed by atoms with E-state index in [0.29, 0.717) is 0 Å².